The maximum absolute atomic E-state index is 12.4. The zero-order valence-electron chi connectivity index (χ0n) is 22.0. The van der Waals surface area contributed by atoms with E-state index >= 15 is 0 Å². The molecule has 0 unspecified atom stereocenters. The van der Waals surface area contributed by atoms with Crippen LogP contribution in [0.15, 0.2) is 72.8 Å². The fourth-order valence-corrected chi connectivity index (χ4v) is 3.51. The molecule has 0 aliphatic carbocycles. The number of nitrogens with zero attached hydrogens (tertiary/aromatic N) is 2. The van der Waals surface area contributed by atoms with Gasteiger partial charge in [-0.05, 0) is 79.4 Å². The molecule has 4 heteroatoms. The first-order valence-corrected chi connectivity index (χ1v) is 11.8. The molecule has 0 aromatic heterocycles. The van der Waals surface area contributed by atoms with Crippen molar-refractivity contribution in [2.75, 3.05) is 38.0 Å². The van der Waals surface area contributed by atoms with E-state index in [0.717, 1.165) is 11.4 Å². The van der Waals surface area contributed by atoms with Crippen molar-refractivity contribution in [2.45, 2.75) is 45.6 Å². The molecule has 1 N–H and O–H groups in total. The number of aliphatic hydroxyl groups is 1. The van der Waals surface area contributed by atoms with E-state index in [1.165, 1.54) is 11.1 Å². The van der Waals surface area contributed by atoms with Gasteiger partial charge in [0.15, 0.2) is 5.78 Å². The number of hydrogen-bond acceptors (Lipinski definition) is 4. The SMILES string of the molecule is CC(C)c1ccc(CC(C)(C)O)cc1.CN(C)c1ccc(C(=O)c2ccc(N(C)C)cc2)cc1. The van der Waals surface area contributed by atoms with Gasteiger partial charge in [0.05, 0.1) is 5.60 Å². The van der Waals surface area contributed by atoms with Crippen LogP contribution in [-0.4, -0.2) is 44.7 Å². The third-order valence-electron chi connectivity index (χ3n) is 5.57. The van der Waals surface area contributed by atoms with Crippen LogP contribution in [0.3, 0.4) is 0 Å². The van der Waals surface area contributed by atoms with Crippen molar-refractivity contribution in [2.24, 2.45) is 0 Å². The molecule has 182 valence electrons. The van der Waals surface area contributed by atoms with E-state index in [4.69, 9.17) is 0 Å². The normalized spacial score (nSPS) is 11.0. The number of ketones is 1. The second kappa shape index (κ2) is 11.8. The van der Waals surface area contributed by atoms with E-state index in [1.807, 2.05) is 100 Å². The Labute approximate surface area is 205 Å². The van der Waals surface area contributed by atoms with Crippen molar-refractivity contribution in [1.82, 2.24) is 0 Å². The van der Waals surface area contributed by atoms with Gasteiger partial charge >= 0.3 is 0 Å². The molecule has 3 aromatic rings. The monoisotopic (exact) mass is 460 g/mol. The van der Waals surface area contributed by atoms with Gasteiger partial charge in [-0.1, -0.05) is 38.1 Å². The zero-order chi connectivity index (χ0) is 25.5. The summed E-state index contributed by atoms with van der Waals surface area (Å²) in [4.78, 5) is 16.4. The van der Waals surface area contributed by atoms with Gasteiger partial charge in [0, 0.05) is 57.1 Å². The molecule has 0 aliphatic heterocycles. The van der Waals surface area contributed by atoms with Gasteiger partial charge in [-0.3, -0.25) is 4.79 Å². The third-order valence-corrected chi connectivity index (χ3v) is 5.57. The molecular formula is C30H40N2O2. The van der Waals surface area contributed by atoms with Crippen LogP contribution < -0.4 is 9.80 Å². The Morgan fingerprint density at radius 2 is 1.12 bits per heavy atom. The summed E-state index contributed by atoms with van der Waals surface area (Å²) < 4.78 is 0. The minimum absolute atomic E-state index is 0.0561. The van der Waals surface area contributed by atoms with E-state index < -0.39 is 5.60 Å². The Kier molecular flexibility index (Phi) is 9.46. The van der Waals surface area contributed by atoms with Crippen LogP contribution in [0.2, 0.25) is 0 Å². The number of carbonyl (C=O) groups is 1. The lowest BCUT2D eigenvalue weighted by Crippen LogP contribution is -2.21. The number of hydrogen-bond donors (Lipinski definition) is 1. The van der Waals surface area contributed by atoms with Crippen LogP contribution in [0.1, 0.15) is 60.7 Å². The number of rotatable bonds is 7. The van der Waals surface area contributed by atoms with Crippen LogP contribution in [0.5, 0.6) is 0 Å². The van der Waals surface area contributed by atoms with Crippen LogP contribution in [0.25, 0.3) is 0 Å². The molecule has 0 spiro atoms. The first kappa shape index (κ1) is 27.1. The van der Waals surface area contributed by atoms with Crippen molar-refractivity contribution in [3.63, 3.8) is 0 Å². The topological polar surface area (TPSA) is 43.8 Å². The maximum atomic E-state index is 12.4. The molecule has 0 saturated heterocycles. The Hall–Kier alpha value is -3.11. The Balaban J connectivity index is 0.000000257. The highest BCUT2D eigenvalue weighted by atomic mass is 16.3. The fourth-order valence-electron chi connectivity index (χ4n) is 3.51. The smallest absolute Gasteiger partial charge is 0.193 e. The zero-order valence-corrected chi connectivity index (χ0v) is 22.0. The molecule has 34 heavy (non-hydrogen) atoms. The number of benzene rings is 3. The number of anilines is 2. The van der Waals surface area contributed by atoms with Gasteiger partial charge in [0.25, 0.3) is 0 Å². The predicted molar refractivity (Wildman–Crippen MR) is 146 cm³/mol. The van der Waals surface area contributed by atoms with E-state index in [-0.39, 0.29) is 5.78 Å². The summed E-state index contributed by atoms with van der Waals surface area (Å²) in [5, 5.41) is 9.65. The lowest BCUT2D eigenvalue weighted by atomic mass is 9.96. The second-order valence-electron chi connectivity index (χ2n) is 10.1. The van der Waals surface area contributed by atoms with Gasteiger partial charge in [0.2, 0.25) is 0 Å². The molecule has 0 saturated carbocycles. The van der Waals surface area contributed by atoms with Gasteiger partial charge in [0.1, 0.15) is 0 Å². The van der Waals surface area contributed by atoms with Gasteiger partial charge in [-0.15, -0.1) is 0 Å². The van der Waals surface area contributed by atoms with Crippen molar-refractivity contribution in [1.29, 1.82) is 0 Å². The lowest BCUT2D eigenvalue weighted by Gasteiger charge is -2.17. The molecule has 3 aromatic carbocycles. The quantitative estimate of drug-likeness (QED) is 0.428. The van der Waals surface area contributed by atoms with E-state index in [0.29, 0.717) is 23.5 Å². The summed E-state index contributed by atoms with van der Waals surface area (Å²) in [5.41, 5.74) is 5.54. The number of carbonyl (C=O) groups excluding carboxylic acids is 1. The molecule has 0 aliphatic rings. The van der Waals surface area contributed by atoms with Crippen LogP contribution in [0, 0.1) is 0 Å². The molecule has 0 fully saturated rings. The predicted octanol–water partition coefficient (Wildman–Crippen LogP) is 6.17. The van der Waals surface area contributed by atoms with Crippen LogP contribution in [0.4, 0.5) is 11.4 Å². The first-order chi connectivity index (χ1) is 15.9. The highest BCUT2D eigenvalue weighted by Crippen LogP contribution is 2.19. The van der Waals surface area contributed by atoms with E-state index in [1.54, 1.807) is 0 Å². The average molecular weight is 461 g/mol. The molecule has 0 amide bonds. The van der Waals surface area contributed by atoms with E-state index in [2.05, 4.69) is 38.1 Å². The summed E-state index contributed by atoms with van der Waals surface area (Å²) >= 11 is 0. The highest BCUT2D eigenvalue weighted by molar-refractivity contribution is 6.09. The third kappa shape index (κ3) is 8.35. The molecule has 0 radical (unpaired) electrons. The van der Waals surface area contributed by atoms with E-state index in [9.17, 15) is 9.90 Å². The Bertz CT molecular complexity index is 974. The summed E-state index contributed by atoms with van der Waals surface area (Å²) in [5.74, 6) is 0.631. The minimum atomic E-state index is -0.612. The molecule has 0 heterocycles. The largest absolute Gasteiger partial charge is 0.390 e. The average Bonchev–Trinajstić information content (AvgIpc) is 2.78. The molecule has 0 atom stereocenters. The summed E-state index contributed by atoms with van der Waals surface area (Å²) in [7, 11) is 7.93. The summed E-state index contributed by atoms with van der Waals surface area (Å²) in [6, 6.07) is 23.8. The molecule has 0 bridgehead atoms. The molecule has 4 nitrogen and oxygen atoms in total. The fraction of sp³-hybridized carbons (Fsp3) is 0.367. The maximum Gasteiger partial charge on any atom is 0.193 e. The van der Waals surface area contributed by atoms with Gasteiger partial charge < -0.3 is 14.9 Å². The van der Waals surface area contributed by atoms with Crippen molar-refractivity contribution in [3.8, 4) is 0 Å². The standard InChI is InChI=1S/C17H20N2O.C13H20O/c1-18(2)15-9-5-13(6-10-15)17(20)14-7-11-16(12-8-14)19(3)4;1-10(2)12-7-5-11(6-8-12)9-13(3,4)14/h5-12H,1-4H3;5-8,10,14H,9H2,1-4H3. The van der Waals surface area contributed by atoms with Crippen molar-refractivity contribution < 1.29 is 9.90 Å². The molecular weight excluding hydrogens is 420 g/mol. The minimum Gasteiger partial charge on any atom is -0.390 e. The van der Waals surface area contributed by atoms with Crippen molar-refractivity contribution >= 4 is 17.2 Å². The highest BCUT2D eigenvalue weighted by Gasteiger charge is 2.13. The Morgan fingerprint density at radius 1 is 0.735 bits per heavy atom. The molecule has 3 rings (SSSR count). The van der Waals surface area contributed by atoms with Crippen LogP contribution >= 0.6 is 0 Å². The first-order valence-electron chi connectivity index (χ1n) is 11.8. The van der Waals surface area contributed by atoms with Crippen LogP contribution in [-0.2, 0) is 6.42 Å². The summed E-state index contributed by atoms with van der Waals surface area (Å²) in [6.07, 6.45) is 0.714. The summed E-state index contributed by atoms with van der Waals surface area (Å²) in [6.45, 7) is 8.04. The van der Waals surface area contributed by atoms with Crippen molar-refractivity contribution in [3.05, 3.63) is 95.1 Å². The Morgan fingerprint density at radius 3 is 1.41 bits per heavy atom. The van der Waals surface area contributed by atoms with Gasteiger partial charge in [-0.25, -0.2) is 0 Å². The second-order valence-corrected chi connectivity index (χ2v) is 10.1. The van der Waals surface area contributed by atoms with Gasteiger partial charge in [-0.2, -0.15) is 0 Å². The lowest BCUT2D eigenvalue weighted by molar-refractivity contribution is 0.0810.